The minimum atomic E-state index is -4.91. The van der Waals surface area contributed by atoms with Crippen molar-refractivity contribution in [2.75, 3.05) is 0 Å². The number of non-ortho nitro benzene ring substituents is 2. The van der Waals surface area contributed by atoms with Crippen molar-refractivity contribution in [2.24, 2.45) is 0 Å². The van der Waals surface area contributed by atoms with E-state index in [2.05, 4.69) is 12.1 Å². The van der Waals surface area contributed by atoms with E-state index in [0.29, 0.717) is 12.1 Å². The van der Waals surface area contributed by atoms with Crippen LogP contribution in [0.3, 0.4) is 0 Å². The quantitative estimate of drug-likeness (QED) is 0.0897. The third-order valence-corrected chi connectivity index (χ3v) is 12.3. The van der Waals surface area contributed by atoms with E-state index in [-0.39, 0.29) is 23.3 Å². The topological polar surface area (TPSA) is 105 Å². The molecule has 0 aromatic heterocycles. The molecule has 3 aliphatic carbocycles. The number of rotatable bonds is 10. The molecule has 4 aromatic rings. The first-order valence-corrected chi connectivity index (χ1v) is 20.0. The van der Waals surface area contributed by atoms with Gasteiger partial charge in [-0.3, -0.25) is 20.2 Å². The molecule has 7 rings (SSSR count). The number of nitro benzene ring substituents is 2. The molecular formula is C44H44F6N2O6. The van der Waals surface area contributed by atoms with E-state index < -0.39 is 61.6 Å². The predicted molar refractivity (Wildman–Crippen MR) is 205 cm³/mol. The van der Waals surface area contributed by atoms with Crippen LogP contribution in [0.5, 0.6) is 23.0 Å². The molecule has 0 aliphatic heterocycles. The normalized spacial score (nSPS) is 18.1. The van der Waals surface area contributed by atoms with Gasteiger partial charge in [-0.25, -0.2) is 0 Å². The third-order valence-electron chi connectivity index (χ3n) is 12.3. The molecule has 0 bridgehead atoms. The molecule has 8 nitrogen and oxygen atoms in total. The van der Waals surface area contributed by atoms with Gasteiger partial charge in [0.05, 0.1) is 9.85 Å². The molecule has 3 aliphatic rings. The zero-order valence-electron chi connectivity index (χ0n) is 31.8. The maximum absolute atomic E-state index is 14.2. The van der Waals surface area contributed by atoms with Crippen LogP contribution in [0, 0.1) is 20.2 Å². The second-order valence-electron chi connectivity index (χ2n) is 15.9. The molecule has 0 heterocycles. The Bertz CT molecular complexity index is 2010. The van der Waals surface area contributed by atoms with Crippen molar-refractivity contribution in [3.63, 3.8) is 0 Å². The third kappa shape index (κ3) is 8.66. The fourth-order valence-electron chi connectivity index (χ4n) is 9.36. The highest BCUT2D eigenvalue weighted by molar-refractivity contribution is 5.54. The summed E-state index contributed by atoms with van der Waals surface area (Å²) < 4.78 is 97.6. The van der Waals surface area contributed by atoms with Gasteiger partial charge in [-0.15, -0.1) is 0 Å². The molecule has 0 atom stereocenters. The Morgan fingerprint density at radius 3 is 1.22 bits per heavy atom. The van der Waals surface area contributed by atoms with Crippen LogP contribution in [-0.2, 0) is 17.8 Å². The lowest BCUT2D eigenvalue weighted by atomic mass is 9.64. The average Bonchev–Trinajstić information content (AvgIpc) is 3.21. The van der Waals surface area contributed by atoms with Crippen molar-refractivity contribution >= 4 is 11.4 Å². The molecule has 0 spiro atoms. The maximum Gasteiger partial charge on any atom is 0.420 e. The number of hydrogen-bond acceptors (Lipinski definition) is 6. The van der Waals surface area contributed by atoms with Gasteiger partial charge in [0, 0.05) is 29.7 Å². The molecule has 14 heteroatoms. The van der Waals surface area contributed by atoms with Crippen LogP contribution in [0.1, 0.15) is 142 Å². The largest absolute Gasteiger partial charge is 0.456 e. The first-order valence-electron chi connectivity index (χ1n) is 20.0. The van der Waals surface area contributed by atoms with Gasteiger partial charge in [0.2, 0.25) is 0 Å². The zero-order valence-corrected chi connectivity index (χ0v) is 31.8. The Balaban J connectivity index is 1.33. The van der Waals surface area contributed by atoms with Crippen molar-refractivity contribution < 1.29 is 45.7 Å². The standard InChI is InChI=1S/C44H44F6N2O6/c45-43(46,47)36-26-32(51(53)54)16-20-40(36)57-38-18-14-30(24-34(38)28-10-4-1-5-11-28)42(22-8-3-9-23-42)31-15-19-39(35(25-31)29-12-6-2-7-13-29)58-41-21-17-33(52(55)56)27-37(41)44(48,49)50/h14-21,24-29H,1-13,22-23H2. The Labute approximate surface area is 331 Å². The zero-order chi connectivity index (χ0) is 41.2. The molecule has 3 fully saturated rings. The number of alkyl halides is 6. The minimum Gasteiger partial charge on any atom is -0.456 e. The van der Waals surface area contributed by atoms with E-state index >= 15 is 0 Å². The minimum absolute atomic E-state index is 0.00910. The molecule has 0 N–H and O–H groups in total. The molecule has 4 aromatic carbocycles. The van der Waals surface area contributed by atoms with Crippen LogP contribution >= 0.6 is 0 Å². The predicted octanol–water partition coefficient (Wildman–Crippen LogP) is 14.5. The number of nitrogens with zero attached hydrogens (tertiary/aromatic N) is 2. The van der Waals surface area contributed by atoms with Gasteiger partial charge < -0.3 is 9.47 Å². The summed E-state index contributed by atoms with van der Waals surface area (Å²) in [6.45, 7) is 0. The highest BCUT2D eigenvalue weighted by Crippen LogP contribution is 2.52. The van der Waals surface area contributed by atoms with Crippen LogP contribution in [0.15, 0.2) is 72.8 Å². The number of benzene rings is 4. The summed E-state index contributed by atoms with van der Waals surface area (Å²) in [5.74, 6) is -0.508. The van der Waals surface area contributed by atoms with Gasteiger partial charge in [-0.2, -0.15) is 26.3 Å². The molecule has 0 unspecified atom stereocenters. The van der Waals surface area contributed by atoms with E-state index in [1.54, 1.807) is 12.1 Å². The fraction of sp³-hybridized carbons (Fsp3) is 0.455. The second kappa shape index (κ2) is 16.6. The lowest BCUT2D eigenvalue weighted by molar-refractivity contribution is -0.385. The summed E-state index contributed by atoms with van der Waals surface area (Å²) in [6, 6.07) is 16.3. The Morgan fingerprint density at radius 1 is 0.500 bits per heavy atom. The summed E-state index contributed by atoms with van der Waals surface area (Å²) in [6.07, 6.45) is 3.69. The first kappa shape index (κ1) is 41.0. The smallest absolute Gasteiger partial charge is 0.420 e. The van der Waals surface area contributed by atoms with Crippen molar-refractivity contribution in [3.8, 4) is 23.0 Å². The van der Waals surface area contributed by atoms with Crippen LogP contribution in [0.4, 0.5) is 37.7 Å². The van der Waals surface area contributed by atoms with E-state index in [0.717, 1.165) is 143 Å². The van der Waals surface area contributed by atoms with Crippen LogP contribution in [0.25, 0.3) is 0 Å². The summed E-state index contributed by atoms with van der Waals surface area (Å²) in [4.78, 5) is 21.0. The summed E-state index contributed by atoms with van der Waals surface area (Å²) >= 11 is 0. The maximum atomic E-state index is 14.2. The van der Waals surface area contributed by atoms with Crippen molar-refractivity contribution in [1.29, 1.82) is 0 Å². The molecule has 0 saturated heterocycles. The lowest BCUT2D eigenvalue weighted by Gasteiger charge is -2.40. The van der Waals surface area contributed by atoms with E-state index in [9.17, 15) is 46.6 Å². The van der Waals surface area contributed by atoms with Gasteiger partial charge in [-0.05, 0) is 96.9 Å². The van der Waals surface area contributed by atoms with E-state index in [4.69, 9.17) is 9.47 Å². The van der Waals surface area contributed by atoms with Gasteiger partial charge in [0.1, 0.15) is 34.1 Å². The van der Waals surface area contributed by atoms with Crippen molar-refractivity contribution in [2.45, 2.75) is 126 Å². The van der Waals surface area contributed by atoms with E-state index in [1.807, 2.05) is 12.1 Å². The SMILES string of the molecule is O=[N+]([O-])c1ccc(Oc2ccc(C3(c4ccc(Oc5ccc([N+](=O)[O-])cc5C(F)(F)F)c(C5CCCCC5)c4)CCCCC3)cc2C2CCCCC2)c(C(F)(F)F)c1. The Kier molecular flexibility index (Phi) is 11.8. The van der Waals surface area contributed by atoms with Crippen LogP contribution in [0.2, 0.25) is 0 Å². The summed E-state index contributed by atoms with van der Waals surface area (Å²) in [7, 11) is 0. The number of ether oxygens (including phenoxy) is 2. The highest BCUT2D eigenvalue weighted by Gasteiger charge is 2.40. The number of halogens is 6. The average molecular weight is 811 g/mol. The van der Waals surface area contributed by atoms with Gasteiger partial charge >= 0.3 is 12.4 Å². The lowest BCUT2D eigenvalue weighted by Crippen LogP contribution is -2.31. The van der Waals surface area contributed by atoms with Crippen LogP contribution in [-0.4, -0.2) is 9.85 Å². The molecule has 0 amide bonds. The van der Waals surface area contributed by atoms with Gasteiger partial charge in [-0.1, -0.05) is 82.1 Å². The van der Waals surface area contributed by atoms with Crippen molar-refractivity contribution in [3.05, 3.63) is 126 Å². The molecular weight excluding hydrogens is 766 g/mol. The monoisotopic (exact) mass is 810 g/mol. The second-order valence-corrected chi connectivity index (χ2v) is 15.9. The number of hydrogen-bond donors (Lipinski definition) is 0. The highest BCUT2D eigenvalue weighted by atomic mass is 19.4. The summed E-state index contributed by atoms with van der Waals surface area (Å²) in [5.41, 5.74) is -0.903. The number of nitro groups is 2. The van der Waals surface area contributed by atoms with Gasteiger partial charge in [0.25, 0.3) is 11.4 Å². The molecule has 58 heavy (non-hydrogen) atoms. The Morgan fingerprint density at radius 2 is 0.862 bits per heavy atom. The first-order chi connectivity index (χ1) is 27.6. The van der Waals surface area contributed by atoms with Crippen LogP contribution < -0.4 is 9.47 Å². The molecule has 3 saturated carbocycles. The summed E-state index contributed by atoms with van der Waals surface area (Å²) in [5, 5.41) is 22.7. The van der Waals surface area contributed by atoms with Crippen molar-refractivity contribution in [1.82, 2.24) is 0 Å². The fourth-order valence-corrected chi connectivity index (χ4v) is 9.36. The van der Waals surface area contributed by atoms with E-state index in [1.165, 1.54) is 0 Å². The Hall–Kier alpha value is -5.14. The molecule has 308 valence electrons. The van der Waals surface area contributed by atoms with Gasteiger partial charge in [0.15, 0.2) is 0 Å². The molecule has 0 radical (unpaired) electrons.